The van der Waals surface area contributed by atoms with Crippen molar-refractivity contribution in [3.05, 3.63) is 53.6 Å². The first-order valence-electron chi connectivity index (χ1n) is 10.4. The molecule has 0 radical (unpaired) electrons. The number of piperazine rings is 1. The molecule has 2 aromatic rings. The smallest absolute Gasteiger partial charge is 0.339 e. The molecule has 1 fully saturated rings. The Morgan fingerprint density at radius 2 is 2.00 bits per heavy atom. The highest BCUT2D eigenvalue weighted by Crippen LogP contribution is 2.32. The molecule has 1 amide bonds. The molecule has 1 unspecified atom stereocenters. The number of anilines is 2. The average molecular weight is 460 g/mol. The summed E-state index contributed by atoms with van der Waals surface area (Å²) < 4.78 is 39.3. The van der Waals surface area contributed by atoms with Gasteiger partial charge in [-0.05, 0) is 13.0 Å². The number of rotatable bonds is 5. The third-order valence-electron chi connectivity index (χ3n) is 5.46. The number of hydrogen-bond acceptors (Lipinski definition) is 7. The van der Waals surface area contributed by atoms with Crippen LogP contribution in [-0.4, -0.2) is 73.9 Å². The molecule has 3 N–H and O–H groups in total. The molecule has 9 nitrogen and oxygen atoms in total. The molecule has 2 aromatic heterocycles. The van der Waals surface area contributed by atoms with E-state index in [0.29, 0.717) is 44.4 Å². The maximum atomic E-state index is 13.1. The van der Waals surface area contributed by atoms with Gasteiger partial charge in [0.25, 0.3) is 0 Å². The van der Waals surface area contributed by atoms with E-state index in [1.165, 1.54) is 17.1 Å². The van der Waals surface area contributed by atoms with E-state index < -0.39 is 29.3 Å². The summed E-state index contributed by atoms with van der Waals surface area (Å²) in [6, 6.07) is 1.85. The molecule has 1 saturated heterocycles. The Bertz CT molecular complexity index is 1100. The molecule has 1 atom stereocenters. The second kappa shape index (κ2) is 9.14. The Balaban J connectivity index is 1.32. The average Bonchev–Trinajstić information content (AvgIpc) is 3.18. The van der Waals surface area contributed by atoms with Crippen molar-refractivity contribution in [3.63, 3.8) is 0 Å². The zero-order chi connectivity index (χ0) is 23.6. The fourth-order valence-corrected chi connectivity index (χ4v) is 3.78. The Morgan fingerprint density at radius 1 is 1.24 bits per heavy atom. The second-order valence-electron chi connectivity index (χ2n) is 7.91. The Morgan fingerprint density at radius 3 is 2.67 bits per heavy atom. The normalized spacial score (nSPS) is 19.5. The molecule has 33 heavy (non-hydrogen) atoms. The predicted molar refractivity (Wildman–Crippen MR) is 115 cm³/mol. The van der Waals surface area contributed by atoms with E-state index in [1.807, 2.05) is 13.0 Å². The SMILES string of the molecule is Cc1cc(Nc2cncc(CN3CCN(C(=O)C4C=CC=C(C(F)(F)F)C4=N)CC3)n2)n[nH]1. The van der Waals surface area contributed by atoms with Gasteiger partial charge >= 0.3 is 6.18 Å². The van der Waals surface area contributed by atoms with E-state index in [2.05, 4.69) is 30.4 Å². The minimum Gasteiger partial charge on any atom is -0.339 e. The lowest BCUT2D eigenvalue weighted by molar-refractivity contribution is -0.134. The van der Waals surface area contributed by atoms with Crippen LogP contribution in [0.3, 0.4) is 0 Å². The summed E-state index contributed by atoms with van der Waals surface area (Å²) in [6.45, 7) is 4.21. The van der Waals surface area contributed by atoms with Crippen molar-refractivity contribution < 1.29 is 18.0 Å². The van der Waals surface area contributed by atoms with Gasteiger partial charge in [-0.15, -0.1) is 0 Å². The van der Waals surface area contributed by atoms with Crippen molar-refractivity contribution in [1.29, 1.82) is 5.41 Å². The number of aromatic amines is 1. The quantitative estimate of drug-likeness (QED) is 0.632. The van der Waals surface area contributed by atoms with Gasteiger partial charge in [0, 0.05) is 50.7 Å². The number of nitrogens with one attached hydrogen (secondary N) is 3. The molecule has 4 rings (SSSR count). The molecule has 1 aliphatic heterocycles. The van der Waals surface area contributed by atoms with E-state index in [1.54, 1.807) is 12.4 Å². The van der Waals surface area contributed by atoms with Gasteiger partial charge in [-0.25, -0.2) is 4.98 Å². The molecule has 2 aliphatic rings. The molecule has 1 aliphatic carbocycles. The Hall–Kier alpha value is -3.54. The van der Waals surface area contributed by atoms with Crippen molar-refractivity contribution in [3.8, 4) is 0 Å². The van der Waals surface area contributed by atoms with E-state index in [9.17, 15) is 18.0 Å². The maximum absolute atomic E-state index is 13.1. The lowest BCUT2D eigenvalue weighted by Gasteiger charge is -2.36. The van der Waals surface area contributed by atoms with Crippen molar-refractivity contribution in [1.82, 2.24) is 30.0 Å². The fraction of sp³-hybridized carbons (Fsp3) is 0.381. The molecule has 0 spiro atoms. The number of H-pyrrole nitrogens is 1. The molecule has 0 saturated carbocycles. The third-order valence-corrected chi connectivity index (χ3v) is 5.46. The Labute approximate surface area is 187 Å². The number of aryl methyl sites for hydroxylation is 1. The van der Waals surface area contributed by atoms with Gasteiger partial charge in [-0.1, -0.05) is 12.2 Å². The number of alkyl halides is 3. The van der Waals surface area contributed by atoms with Crippen molar-refractivity contribution >= 4 is 23.3 Å². The van der Waals surface area contributed by atoms with Gasteiger partial charge in [0.1, 0.15) is 5.82 Å². The van der Waals surface area contributed by atoms with Crippen molar-refractivity contribution in [2.45, 2.75) is 19.6 Å². The molecular formula is C21H23F3N8O. The second-order valence-corrected chi connectivity index (χ2v) is 7.91. The standard InChI is InChI=1S/C21H23F3N8O/c1-13-9-17(30-29-13)28-18-11-26-10-14(27-18)12-31-5-7-32(8-6-31)20(33)15-3-2-4-16(19(15)25)21(22,23)24/h2-4,9-11,15,25H,5-8,12H2,1H3,(H2,27,28,29,30). The molecule has 174 valence electrons. The van der Waals surface area contributed by atoms with Gasteiger partial charge in [-0.3, -0.25) is 19.8 Å². The summed E-state index contributed by atoms with van der Waals surface area (Å²) in [4.78, 5) is 25.2. The Kier molecular flexibility index (Phi) is 6.27. The van der Waals surface area contributed by atoms with E-state index >= 15 is 0 Å². The number of carbonyl (C=O) groups excluding carboxylic acids is 1. The molecular weight excluding hydrogens is 437 g/mol. The van der Waals surface area contributed by atoms with Crippen LogP contribution >= 0.6 is 0 Å². The minimum absolute atomic E-state index is 0.361. The first-order valence-corrected chi connectivity index (χ1v) is 10.4. The number of amides is 1. The highest BCUT2D eigenvalue weighted by atomic mass is 19.4. The van der Waals surface area contributed by atoms with Crippen LogP contribution in [0, 0.1) is 18.3 Å². The minimum atomic E-state index is -4.65. The third kappa shape index (κ3) is 5.28. The van der Waals surface area contributed by atoms with E-state index in [4.69, 9.17) is 5.41 Å². The van der Waals surface area contributed by atoms with Gasteiger partial charge in [-0.2, -0.15) is 18.3 Å². The summed E-state index contributed by atoms with van der Waals surface area (Å²) in [7, 11) is 0. The predicted octanol–water partition coefficient (Wildman–Crippen LogP) is 2.59. The number of hydrogen-bond donors (Lipinski definition) is 3. The van der Waals surface area contributed by atoms with Gasteiger partial charge in [0.05, 0.1) is 29.1 Å². The van der Waals surface area contributed by atoms with Gasteiger partial charge < -0.3 is 15.6 Å². The van der Waals surface area contributed by atoms with Gasteiger partial charge in [0.2, 0.25) is 5.91 Å². The van der Waals surface area contributed by atoms with Crippen LogP contribution in [0.25, 0.3) is 0 Å². The highest BCUT2D eigenvalue weighted by molar-refractivity contribution is 6.14. The number of carbonyl (C=O) groups is 1. The topological polar surface area (TPSA) is 114 Å². The number of halogens is 3. The van der Waals surface area contributed by atoms with E-state index in [-0.39, 0.29) is 0 Å². The molecule has 12 heteroatoms. The number of allylic oxidation sites excluding steroid dienone is 3. The number of aromatic nitrogens is 4. The first kappa shape index (κ1) is 22.6. The largest absolute Gasteiger partial charge is 0.418 e. The summed E-state index contributed by atoms with van der Waals surface area (Å²) >= 11 is 0. The zero-order valence-electron chi connectivity index (χ0n) is 17.9. The monoisotopic (exact) mass is 460 g/mol. The summed E-state index contributed by atoms with van der Waals surface area (Å²) in [5.74, 6) is -0.496. The lowest BCUT2D eigenvalue weighted by atomic mass is 9.90. The highest BCUT2D eigenvalue weighted by Gasteiger charge is 2.42. The molecule has 0 aromatic carbocycles. The van der Waals surface area contributed by atoms with Crippen LogP contribution in [0.5, 0.6) is 0 Å². The fourth-order valence-electron chi connectivity index (χ4n) is 3.78. The summed E-state index contributed by atoms with van der Waals surface area (Å²) in [6.07, 6.45) is 1.99. The number of nitrogens with zero attached hydrogens (tertiary/aromatic N) is 5. The molecule has 0 bridgehead atoms. The van der Waals surface area contributed by atoms with Crippen LogP contribution in [0.1, 0.15) is 11.4 Å². The summed E-state index contributed by atoms with van der Waals surface area (Å²) in [5, 5.41) is 17.9. The summed E-state index contributed by atoms with van der Waals surface area (Å²) in [5.41, 5.74) is -0.120. The van der Waals surface area contributed by atoms with Crippen LogP contribution in [-0.2, 0) is 11.3 Å². The van der Waals surface area contributed by atoms with Crippen LogP contribution in [0.15, 0.2) is 42.3 Å². The molecule has 3 heterocycles. The lowest BCUT2D eigenvalue weighted by Crippen LogP contribution is -2.51. The van der Waals surface area contributed by atoms with Gasteiger partial charge in [0.15, 0.2) is 5.82 Å². The maximum Gasteiger partial charge on any atom is 0.418 e. The van der Waals surface area contributed by atoms with Crippen molar-refractivity contribution in [2.75, 3.05) is 31.5 Å². The van der Waals surface area contributed by atoms with Crippen LogP contribution in [0.4, 0.5) is 24.8 Å². The van der Waals surface area contributed by atoms with Crippen LogP contribution < -0.4 is 5.32 Å². The zero-order valence-corrected chi connectivity index (χ0v) is 17.9. The van der Waals surface area contributed by atoms with E-state index in [0.717, 1.165) is 17.5 Å². The van der Waals surface area contributed by atoms with Crippen molar-refractivity contribution in [2.24, 2.45) is 5.92 Å². The first-order chi connectivity index (χ1) is 15.7. The van der Waals surface area contributed by atoms with Crippen LogP contribution in [0.2, 0.25) is 0 Å².